The van der Waals surface area contributed by atoms with Gasteiger partial charge in [-0.3, -0.25) is 4.79 Å². The van der Waals surface area contributed by atoms with Crippen LogP contribution in [0, 0.1) is 11.8 Å². The molecule has 0 bridgehead atoms. The minimum atomic E-state index is -0.426. The number of carbonyl (C=O) groups excluding carboxylic acids is 1. The van der Waals surface area contributed by atoms with E-state index in [-0.39, 0.29) is 0 Å². The SMILES string of the molecule is CNc1ccc(C(N)=O)cc1CC#Cc1ccccc1. The lowest BCUT2D eigenvalue weighted by Gasteiger charge is -2.07. The van der Waals surface area contributed by atoms with Gasteiger partial charge in [0.05, 0.1) is 0 Å². The van der Waals surface area contributed by atoms with Crippen LogP contribution in [0.4, 0.5) is 5.69 Å². The smallest absolute Gasteiger partial charge is 0.248 e. The van der Waals surface area contributed by atoms with Gasteiger partial charge in [-0.15, -0.1) is 0 Å². The monoisotopic (exact) mass is 264 g/mol. The Balaban J connectivity index is 2.22. The van der Waals surface area contributed by atoms with Crippen LogP contribution >= 0.6 is 0 Å². The summed E-state index contributed by atoms with van der Waals surface area (Å²) in [5.41, 5.74) is 8.70. The molecular weight excluding hydrogens is 248 g/mol. The first-order chi connectivity index (χ1) is 9.70. The molecule has 2 aromatic carbocycles. The number of nitrogens with one attached hydrogen (secondary N) is 1. The van der Waals surface area contributed by atoms with E-state index in [4.69, 9.17) is 5.73 Å². The predicted molar refractivity (Wildman–Crippen MR) is 81.5 cm³/mol. The van der Waals surface area contributed by atoms with Gasteiger partial charge in [0.1, 0.15) is 0 Å². The fourth-order valence-corrected chi connectivity index (χ4v) is 1.90. The summed E-state index contributed by atoms with van der Waals surface area (Å²) >= 11 is 0. The fourth-order valence-electron chi connectivity index (χ4n) is 1.90. The molecule has 3 N–H and O–H groups in total. The number of anilines is 1. The zero-order chi connectivity index (χ0) is 14.4. The molecule has 0 aliphatic heterocycles. The second-order valence-electron chi connectivity index (χ2n) is 4.33. The second-order valence-corrected chi connectivity index (χ2v) is 4.33. The highest BCUT2D eigenvalue weighted by molar-refractivity contribution is 5.93. The van der Waals surface area contributed by atoms with Crippen molar-refractivity contribution in [1.29, 1.82) is 0 Å². The first-order valence-electron chi connectivity index (χ1n) is 6.35. The third-order valence-electron chi connectivity index (χ3n) is 2.94. The standard InChI is InChI=1S/C17H16N2O/c1-19-16-11-10-15(17(18)20)12-14(16)9-5-8-13-6-3-2-4-7-13/h2-4,6-7,10-12,19H,9H2,1H3,(H2,18,20). The van der Waals surface area contributed by atoms with Gasteiger partial charge in [0.2, 0.25) is 5.91 Å². The Labute approximate surface area is 118 Å². The number of benzene rings is 2. The van der Waals surface area contributed by atoms with E-state index in [9.17, 15) is 4.79 Å². The Kier molecular flexibility index (Phi) is 4.41. The van der Waals surface area contributed by atoms with Gasteiger partial charge in [-0.25, -0.2) is 0 Å². The quantitative estimate of drug-likeness (QED) is 0.836. The maximum absolute atomic E-state index is 11.2. The zero-order valence-corrected chi connectivity index (χ0v) is 11.3. The summed E-state index contributed by atoms with van der Waals surface area (Å²) in [4.78, 5) is 11.2. The van der Waals surface area contributed by atoms with E-state index in [1.54, 1.807) is 12.1 Å². The van der Waals surface area contributed by atoms with Gasteiger partial charge < -0.3 is 11.1 Å². The van der Waals surface area contributed by atoms with E-state index >= 15 is 0 Å². The van der Waals surface area contributed by atoms with Crippen molar-refractivity contribution in [1.82, 2.24) is 0 Å². The Morgan fingerprint density at radius 1 is 1.20 bits per heavy atom. The average molecular weight is 264 g/mol. The highest BCUT2D eigenvalue weighted by Crippen LogP contribution is 2.17. The van der Waals surface area contributed by atoms with Crippen LogP contribution in [0.1, 0.15) is 21.5 Å². The van der Waals surface area contributed by atoms with Crippen LogP contribution < -0.4 is 11.1 Å². The van der Waals surface area contributed by atoms with Crippen molar-refractivity contribution in [2.75, 3.05) is 12.4 Å². The topological polar surface area (TPSA) is 55.1 Å². The number of carbonyl (C=O) groups is 1. The van der Waals surface area contributed by atoms with Gasteiger partial charge in [0, 0.05) is 30.3 Å². The first kappa shape index (κ1) is 13.7. The van der Waals surface area contributed by atoms with E-state index in [1.165, 1.54) is 0 Å². The molecule has 20 heavy (non-hydrogen) atoms. The zero-order valence-electron chi connectivity index (χ0n) is 11.3. The predicted octanol–water partition coefficient (Wildman–Crippen LogP) is 2.42. The highest BCUT2D eigenvalue weighted by atomic mass is 16.1. The van der Waals surface area contributed by atoms with Gasteiger partial charge in [-0.1, -0.05) is 30.0 Å². The first-order valence-corrected chi connectivity index (χ1v) is 6.35. The molecule has 2 aromatic rings. The van der Waals surface area contributed by atoms with Gasteiger partial charge in [-0.2, -0.15) is 0 Å². The molecule has 3 heteroatoms. The normalized spacial score (nSPS) is 9.45. The summed E-state index contributed by atoms with van der Waals surface area (Å²) in [5.74, 6) is 5.79. The number of nitrogens with two attached hydrogens (primary N) is 1. The van der Waals surface area contributed by atoms with Crippen LogP contribution in [0.2, 0.25) is 0 Å². The Bertz CT molecular complexity index is 666. The maximum atomic E-state index is 11.2. The summed E-state index contributed by atoms with van der Waals surface area (Å²) in [6.07, 6.45) is 0.562. The Morgan fingerprint density at radius 2 is 1.95 bits per heavy atom. The van der Waals surface area contributed by atoms with Gasteiger partial charge >= 0.3 is 0 Å². The van der Waals surface area contributed by atoms with E-state index in [0.717, 1.165) is 16.8 Å². The van der Waals surface area contributed by atoms with E-state index < -0.39 is 5.91 Å². The Hall–Kier alpha value is -2.73. The Morgan fingerprint density at radius 3 is 2.60 bits per heavy atom. The van der Waals surface area contributed by atoms with Crippen LogP contribution in [0.5, 0.6) is 0 Å². The highest BCUT2D eigenvalue weighted by Gasteiger charge is 2.05. The molecule has 0 saturated carbocycles. The summed E-state index contributed by atoms with van der Waals surface area (Å²) in [6.45, 7) is 0. The van der Waals surface area contributed by atoms with Crippen LogP contribution in [0.25, 0.3) is 0 Å². The molecule has 0 atom stereocenters. The number of hydrogen-bond donors (Lipinski definition) is 2. The molecule has 0 aromatic heterocycles. The molecule has 0 aliphatic carbocycles. The summed E-state index contributed by atoms with van der Waals surface area (Å²) in [6, 6.07) is 15.1. The second kappa shape index (κ2) is 6.44. The number of amides is 1. The molecule has 0 saturated heterocycles. The largest absolute Gasteiger partial charge is 0.388 e. The molecule has 0 radical (unpaired) electrons. The van der Waals surface area contributed by atoms with E-state index in [0.29, 0.717) is 12.0 Å². The van der Waals surface area contributed by atoms with Gasteiger partial charge in [-0.05, 0) is 35.9 Å². The van der Waals surface area contributed by atoms with Crippen LogP contribution in [0.15, 0.2) is 48.5 Å². The summed E-state index contributed by atoms with van der Waals surface area (Å²) in [7, 11) is 1.84. The van der Waals surface area contributed by atoms with Crippen LogP contribution in [-0.4, -0.2) is 13.0 Å². The number of hydrogen-bond acceptors (Lipinski definition) is 2. The third-order valence-corrected chi connectivity index (χ3v) is 2.94. The molecule has 3 nitrogen and oxygen atoms in total. The van der Waals surface area contributed by atoms with Crippen molar-refractivity contribution in [2.45, 2.75) is 6.42 Å². The number of rotatable bonds is 3. The number of primary amides is 1. The lowest BCUT2D eigenvalue weighted by atomic mass is 10.0. The van der Waals surface area contributed by atoms with Crippen molar-refractivity contribution in [2.24, 2.45) is 5.73 Å². The molecule has 1 amide bonds. The minimum absolute atomic E-state index is 0.426. The minimum Gasteiger partial charge on any atom is -0.388 e. The summed E-state index contributed by atoms with van der Waals surface area (Å²) < 4.78 is 0. The summed E-state index contributed by atoms with van der Waals surface area (Å²) in [5, 5.41) is 3.09. The van der Waals surface area contributed by atoms with Crippen molar-refractivity contribution < 1.29 is 4.79 Å². The molecule has 2 rings (SSSR count). The molecule has 100 valence electrons. The maximum Gasteiger partial charge on any atom is 0.248 e. The molecule has 0 heterocycles. The van der Waals surface area contributed by atoms with Crippen molar-refractivity contribution in [3.05, 3.63) is 65.2 Å². The van der Waals surface area contributed by atoms with Crippen molar-refractivity contribution in [3.63, 3.8) is 0 Å². The van der Waals surface area contributed by atoms with E-state index in [1.807, 2.05) is 43.4 Å². The van der Waals surface area contributed by atoms with Crippen molar-refractivity contribution in [3.8, 4) is 11.8 Å². The lowest BCUT2D eigenvalue weighted by Crippen LogP contribution is -2.11. The average Bonchev–Trinajstić information content (AvgIpc) is 2.48. The molecule has 0 fully saturated rings. The molecule has 0 aliphatic rings. The molecular formula is C17H16N2O. The van der Waals surface area contributed by atoms with Gasteiger partial charge in [0.25, 0.3) is 0 Å². The lowest BCUT2D eigenvalue weighted by molar-refractivity contribution is 0.1000. The van der Waals surface area contributed by atoms with Crippen molar-refractivity contribution >= 4 is 11.6 Å². The van der Waals surface area contributed by atoms with E-state index in [2.05, 4.69) is 17.2 Å². The van der Waals surface area contributed by atoms with Crippen LogP contribution in [-0.2, 0) is 6.42 Å². The van der Waals surface area contributed by atoms with Gasteiger partial charge in [0.15, 0.2) is 0 Å². The molecule has 0 spiro atoms. The molecule has 0 unspecified atom stereocenters. The fraction of sp³-hybridized carbons (Fsp3) is 0.118. The van der Waals surface area contributed by atoms with Crippen LogP contribution in [0.3, 0.4) is 0 Å². The third kappa shape index (κ3) is 3.39.